The summed E-state index contributed by atoms with van der Waals surface area (Å²) in [5.74, 6) is 0.927. The van der Waals surface area contributed by atoms with Crippen molar-refractivity contribution >= 4 is 16.8 Å². The van der Waals surface area contributed by atoms with Crippen molar-refractivity contribution in [2.75, 3.05) is 5.73 Å². The Morgan fingerprint density at radius 3 is 2.75 bits per heavy atom. The molecule has 0 unspecified atom stereocenters. The van der Waals surface area contributed by atoms with E-state index in [0.29, 0.717) is 5.71 Å². The summed E-state index contributed by atoms with van der Waals surface area (Å²) in [6, 6.07) is 0. The van der Waals surface area contributed by atoms with Gasteiger partial charge in [0, 0.05) is 16.9 Å². The summed E-state index contributed by atoms with van der Waals surface area (Å²) in [4.78, 5) is 4.61. The van der Waals surface area contributed by atoms with Gasteiger partial charge in [-0.2, -0.15) is 0 Å². The van der Waals surface area contributed by atoms with Gasteiger partial charge in [-0.3, -0.25) is 0 Å². The molecule has 0 atom stereocenters. The lowest BCUT2D eigenvalue weighted by atomic mass is 9.93. The molecule has 2 aromatic rings. The van der Waals surface area contributed by atoms with Gasteiger partial charge >= 0.3 is 0 Å². The Morgan fingerprint density at radius 1 is 1.19 bits per heavy atom. The summed E-state index contributed by atoms with van der Waals surface area (Å²) >= 11 is 0. The Morgan fingerprint density at radius 2 is 1.94 bits per heavy atom. The first-order chi connectivity index (χ1) is 7.68. The highest BCUT2D eigenvalue weighted by atomic mass is 16.3. The maximum Gasteiger partial charge on any atom is 0.228 e. The van der Waals surface area contributed by atoms with Gasteiger partial charge in [0.05, 0.1) is 5.39 Å². The molecule has 2 N–H and O–H groups in total. The fourth-order valence-corrected chi connectivity index (χ4v) is 2.58. The Hall–Kier alpha value is -1.51. The largest absolute Gasteiger partial charge is 0.443 e. The number of nitrogens with zero attached hydrogens (tertiary/aromatic N) is 1. The molecule has 0 saturated carbocycles. The molecule has 0 aromatic carbocycles. The van der Waals surface area contributed by atoms with Crippen LogP contribution in [0.1, 0.15) is 35.4 Å². The zero-order valence-corrected chi connectivity index (χ0v) is 9.76. The van der Waals surface area contributed by atoms with Gasteiger partial charge in [0.25, 0.3) is 0 Å². The van der Waals surface area contributed by atoms with E-state index in [4.69, 9.17) is 10.2 Å². The lowest BCUT2D eigenvalue weighted by Gasteiger charge is -2.16. The second kappa shape index (κ2) is 3.24. The number of furan rings is 1. The van der Waals surface area contributed by atoms with Crippen molar-refractivity contribution in [3.8, 4) is 0 Å². The van der Waals surface area contributed by atoms with Gasteiger partial charge in [-0.05, 0) is 45.1 Å². The fourth-order valence-electron chi connectivity index (χ4n) is 2.58. The number of rotatable bonds is 0. The SMILES string of the molecule is Cc1oc2nc3c(c(N)c2c1C)CCCC3. The summed E-state index contributed by atoms with van der Waals surface area (Å²) in [5.41, 5.74) is 11.4. The second-order valence-electron chi connectivity index (χ2n) is 4.62. The molecule has 3 heteroatoms. The highest BCUT2D eigenvalue weighted by molar-refractivity contribution is 5.92. The smallest absolute Gasteiger partial charge is 0.228 e. The van der Waals surface area contributed by atoms with Gasteiger partial charge in [0.15, 0.2) is 0 Å². The summed E-state index contributed by atoms with van der Waals surface area (Å²) in [6.45, 7) is 4.02. The molecule has 0 bridgehead atoms. The quantitative estimate of drug-likeness (QED) is 0.736. The van der Waals surface area contributed by atoms with Crippen LogP contribution in [0.25, 0.3) is 11.1 Å². The fraction of sp³-hybridized carbons (Fsp3) is 0.462. The number of aryl methyl sites for hydroxylation is 3. The standard InChI is InChI=1S/C13H16N2O/c1-7-8(2)16-13-11(7)12(14)9-5-3-4-6-10(9)15-13/h3-6H2,1-2H3,(H2,14,15). The lowest BCUT2D eigenvalue weighted by molar-refractivity contribution is 0.559. The summed E-state index contributed by atoms with van der Waals surface area (Å²) < 4.78 is 5.65. The van der Waals surface area contributed by atoms with Crippen LogP contribution in [0.15, 0.2) is 4.42 Å². The van der Waals surface area contributed by atoms with Crippen LogP contribution in [0.2, 0.25) is 0 Å². The lowest BCUT2D eigenvalue weighted by Crippen LogP contribution is -2.09. The third kappa shape index (κ3) is 1.17. The zero-order valence-electron chi connectivity index (χ0n) is 9.76. The van der Waals surface area contributed by atoms with E-state index in [0.717, 1.165) is 40.9 Å². The molecule has 2 aromatic heterocycles. The highest BCUT2D eigenvalue weighted by Crippen LogP contribution is 2.35. The van der Waals surface area contributed by atoms with Gasteiger partial charge in [0.1, 0.15) is 5.76 Å². The average molecular weight is 216 g/mol. The van der Waals surface area contributed by atoms with Crippen molar-refractivity contribution in [1.82, 2.24) is 4.98 Å². The predicted octanol–water partition coefficient (Wildman–Crippen LogP) is 2.91. The van der Waals surface area contributed by atoms with E-state index in [1.165, 1.54) is 18.4 Å². The summed E-state index contributed by atoms with van der Waals surface area (Å²) in [7, 11) is 0. The molecule has 0 fully saturated rings. The zero-order chi connectivity index (χ0) is 11.3. The first-order valence-corrected chi connectivity index (χ1v) is 5.85. The number of hydrogen-bond donors (Lipinski definition) is 1. The third-order valence-corrected chi connectivity index (χ3v) is 3.64. The maximum atomic E-state index is 6.25. The molecule has 84 valence electrons. The van der Waals surface area contributed by atoms with Crippen LogP contribution in [0.3, 0.4) is 0 Å². The van der Waals surface area contributed by atoms with Crippen molar-refractivity contribution < 1.29 is 4.42 Å². The van der Waals surface area contributed by atoms with E-state index in [2.05, 4.69) is 11.9 Å². The molecule has 1 aliphatic carbocycles. The van der Waals surface area contributed by atoms with Crippen LogP contribution in [-0.2, 0) is 12.8 Å². The molecule has 0 aliphatic heterocycles. The van der Waals surface area contributed by atoms with Crippen LogP contribution in [-0.4, -0.2) is 4.98 Å². The van der Waals surface area contributed by atoms with Crippen molar-refractivity contribution in [3.63, 3.8) is 0 Å². The van der Waals surface area contributed by atoms with E-state index in [-0.39, 0.29) is 0 Å². The molecule has 0 radical (unpaired) electrons. The monoisotopic (exact) mass is 216 g/mol. The summed E-state index contributed by atoms with van der Waals surface area (Å²) in [5, 5.41) is 1.03. The number of hydrogen-bond acceptors (Lipinski definition) is 3. The molecule has 3 nitrogen and oxygen atoms in total. The van der Waals surface area contributed by atoms with Crippen LogP contribution >= 0.6 is 0 Å². The van der Waals surface area contributed by atoms with Crippen molar-refractivity contribution in [2.45, 2.75) is 39.5 Å². The number of fused-ring (bicyclic) bond motifs is 2. The molecule has 0 amide bonds. The van der Waals surface area contributed by atoms with Crippen LogP contribution < -0.4 is 5.73 Å². The van der Waals surface area contributed by atoms with Gasteiger partial charge in [-0.15, -0.1) is 0 Å². The molecular formula is C13H16N2O. The highest BCUT2D eigenvalue weighted by Gasteiger charge is 2.20. The van der Waals surface area contributed by atoms with Crippen LogP contribution in [0.4, 0.5) is 5.69 Å². The minimum absolute atomic E-state index is 0.716. The molecular weight excluding hydrogens is 200 g/mol. The molecule has 16 heavy (non-hydrogen) atoms. The minimum atomic E-state index is 0.716. The number of anilines is 1. The number of aromatic nitrogens is 1. The molecule has 0 saturated heterocycles. The van der Waals surface area contributed by atoms with E-state index in [1.54, 1.807) is 0 Å². The first kappa shape index (κ1) is 9.70. The Bertz CT molecular complexity index is 569. The summed E-state index contributed by atoms with van der Waals surface area (Å²) in [6.07, 6.45) is 4.53. The third-order valence-electron chi connectivity index (χ3n) is 3.64. The van der Waals surface area contributed by atoms with Gasteiger partial charge in [-0.25, -0.2) is 4.98 Å². The van der Waals surface area contributed by atoms with Gasteiger partial charge < -0.3 is 10.2 Å². The minimum Gasteiger partial charge on any atom is -0.443 e. The predicted molar refractivity (Wildman–Crippen MR) is 64.5 cm³/mol. The topological polar surface area (TPSA) is 52.0 Å². The van der Waals surface area contributed by atoms with Crippen molar-refractivity contribution in [1.29, 1.82) is 0 Å². The van der Waals surface area contributed by atoms with Gasteiger partial charge in [-0.1, -0.05) is 0 Å². The second-order valence-corrected chi connectivity index (χ2v) is 4.62. The van der Waals surface area contributed by atoms with Crippen molar-refractivity contribution in [2.24, 2.45) is 0 Å². The van der Waals surface area contributed by atoms with Crippen LogP contribution in [0.5, 0.6) is 0 Å². The molecule has 0 spiro atoms. The maximum absolute atomic E-state index is 6.25. The number of nitrogens with two attached hydrogens (primary N) is 1. The van der Waals surface area contributed by atoms with E-state index >= 15 is 0 Å². The Kier molecular flexibility index (Phi) is 1.96. The Balaban J connectivity index is 2.39. The van der Waals surface area contributed by atoms with E-state index < -0.39 is 0 Å². The number of nitrogen functional groups attached to an aromatic ring is 1. The van der Waals surface area contributed by atoms with Gasteiger partial charge in [0.2, 0.25) is 5.71 Å². The Labute approximate surface area is 94.7 Å². The molecule has 2 heterocycles. The van der Waals surface area contributed by atoms with Crippen molar-refractivity contribution in [3.05, 3.63) is 22.6 Å². The number of pyridine rings is 1. The van der Waals surface area contributed by atoms with Crippen LogP contribution in [0, 0.1) is 13.8 Å². The van der Waals surface area contributed by atoms with E-state index in [1.807, 2.05) is 6.92 Å². The molecule has 1 aliphatic rings. The van der Waals surface area contributed by atoms with E-state index in [9.17, 15) is 0 Å². The normalized spacial score (nSPS) is 15.4. The molecule has 3 rings (SSSR count). The average Bonchev–Trinajstić information content (AvgIpc) is 2.55. The first-order valence-electron chi connectivity index (χ1n) is 5.85.